The molecular formula is C43H43N7O8. The number of pyridine rings is 2. The lowest BCUT2D eigenvalue weighted by Crippen LogP contribution is -2.47. The van der Waals surface area contributed by atoms with Crippen LogP contribution in [0.4, 0.5) is 5.69 Å². The second-order valence-electron chi connectivity index (χ2n) is 15.3. The molecule has 1 atom stereocenters. The summed E-state index contributed by atoms with van der Waals surface area (Å²) in [4.78, 5) is 48.0. The molecule has 58 heavy (non-hydrogen) atoms. The van der Waals surface area contributed by atoms with E-state index in [4.69, 9.17) is 14.5 Å². The zero-order chi connectivity index (χ0) is 40.4. The number of rotatable bonds is 9. The third kappa shape index (κ3) is 6.26. The minimum atomic E-state index is -1.49. The zero-order valence-electron chi connectivity index (χ0n) is 32.4. The number of hydrogen-bond acceptors (Lipinski definition) is 12. The van der Waals surface area contributed by atoms with Crippen molar-refractivity contribution in [1.29, 1.82) is 0 Å². The first-order valence-electron chi connectivity index (χ1n) is 19.5. The SMILES string of the molecule is CCc1c2c(nc3ccc(OCCN4CCN(c5ccc(-n6c(-c7cc(C(C)C)c(O)cc7O)n[nH]c6=O)cc5)CC4)cc13)-c1cc3c(c(=O)n1C2)COC(=O)C3O. The number of phenols is 2. The van der Waals surface area contributed by atoms with E-state index in [2.05, 4.69) is 26.9 Å². The largest absolute Gasteiger partial charge is 0.508 e. The number of benzene rings is 3. The summed E-state index contributed by atoms with van der Waals surface area (Å²) in [7, 11) is 0. The first kappa shape index (κ1) is 37.1. The van der Waals surface area contributed by atoms with Crippen LogP contribution in [-0.2, 0) is 29.1 Å². The average Bonchev–Trinajstić information content (AvgIpc) is 3.79. The molecule has 3 aromatic heterocycles. The van der Waals surface area contributed by atoms with Gasteiger partial charge in [-0.3, -0.25) is 9.69 Å². The fourth-order valence-electron chi connectivity index (χ4n) is 8.47. The number of carbonyl (C=O) groups excluding carboxylic acids is 1. The molecule has 4 N–H and O–H groups in total. The highest BCUT2D eigenvalue weighted by Crippen LogP contribution is 2.40. The molecule has 0 radical (unpaired) electrons. The van der Waals surface area contributed by atoms with Crippen molar-refractivity contribution in [3.05, 3.63) is 109 Å². The van der Waals surface area contributed by atoms with Crippen molar-refractivity contribution < 1.29 is 29.6 Å². The Bertz CT molecular complexity index is 2730. The number of piperazine rings is 1. The van der Waals surface area contributed by atoms with Crippen molar-refractivity contribution in [2.24, 2.45) is 0 Å². The first-order chi connectivity index (χ1) is 28.0. The van der Waals surface area contributed by atoms with Crippen molar-refractivity contribution in [3.63, 3.8) is 0 Å². The van der Waals surface area contributed by atoms with E-state index >= 15 is 0 Å². The number of esters is 1. The summed E-state index contributed by atoms with van der Waals surface area (Å²) in [5.74, 6) is 0.0526. The number of hydrogen-bond donors (Lipinski definition) is 4. The Balaban J connectivity index is 0.841. The molecule has 6 aromatic rings. The van der Waals surface area contributed by atoms with Gasteiger partial charge < -0.3 is 34.3 Å². The van der Waals surface area contributed by atoms with Crippen LogP contribution in [0.15, 0.2) is 70.3 Å². The normalized spacial score (nSPS) is 16.4. The Hall–Kier alpha value is -6.45. The molecule has 298 valence electrons. The predicted molar refractivity (Wildman–Crippen MR) is 216 cm³/mol. The lowest BCUT2D eigenvalue weighted by Gasteiger charge is -2.36. The van der Waals surface area contributed by atoms with Gasteiger partial charge in [-0.25, -0.2) is 24.2 Å². The van der Waals surface area contributed by atoms with Gasteiger partial charge in [-0.05, 0) is 78.1 Å². The minimum absolute atomic E-state index is 0.00262. The first-order valence-corrected chi connectivity index (χ1v) is 19.5. The number of aliphatic hydroxyl groups is 1. The highest BCUT2D eigenvalue weighted by molar-refractivity contribution is 5.89. The Kier molecular flexibility index (Phi) is 9.28. The van der Waals surface area contributed by atoms with Gasteiger partial charge >= 0.3 is 11.7 Å². The van der Waals surface area contributed by atoms with Crippen LogP contribution in [0.2, 0.25) is 0 Å². The van der Waals surface area contributed by atoms with Gasteiger partial charge in [-0.15, -0.1) is 0 Å². The monoisotopic (exact) mass is 785 g/mol. The number of H-pyrrole nitrogens is 1. The summed E-state index contributed by atoms with van der Waals surface area (Å²) >= 11 is 0. The molecule has 3 aliphatic heterocycles. The Morgan fingerprint density at radius 3 is 2.43 bits per heavy atom. The summed E-state index contributed by atoms with van der Waals surface area (Å²) in [5, 5.41) is 39.1. The molecule has 3 aromatic carbocycles. The van der Waals surface area contributed by atoms with Crippen molar-refractivity contribution >= 4 is 22.6 Å². The van der Waals surface area contributed by atoms with E-state index in [-0.39, 0.29) is 41.0 Å². The lowest BCUT2D eigenvalue weighted by molar-refractivity contribution is -0.157. The summed E-state index contributed by atoms with van der Waals surface area (Å²) in [6.07, 6.45) is -0.775. The topological polar surface area (TPSA) is 188 Å². The smallest absolute Gasteiger partial charge is 0.348 e. The number of nitrogens with zero attached hydrogens (tertiary/aromatic N) is 6. The molecule has 1 unspecified atom stereocenters. The van der Waals surface area contributed by atoms with Crippen molar-refractivity contribution in [3.8, 4) is 45.7 Å². The number of aromatic hydroxyl groups is 2. The van der Waals surface area contributed by atoms with Crippen LogP contribution in [0.3, 0.4) is 0 Å². The maximum absolute atomic E-state index is 13.4. The highest BCUT2D eigenvalue weighted by atomic mass is 16.5. The van der Waals surface area contributed by atoms with Crippen LogP contribution in [-0.4, -0.2) is 89.8 Å². The van der Waals surface area contributed by atoms with Crippen LogP contribution in [0.1, 0.15) is 60.6 Å². The summed E-state index contributed by atoms with van der Waals surface area (Å²) in [6.45, 7) is 10.7. The fraction of sp³-hybridized carbons (Fsp3) is 0.326. The highest BCUT2D eigenvalue weighted by Gasteiger charge is 2.34. The van der Waals surface area contributed by atoms with Crippen LogP contribution in [0.25, 0.3) is 39.4 Å². The molecule has 0 aliphatic carbocycles. The summed E-state index contributed by atoms with van der Waals surface area (Å²) in [5.41, 5.74) is 6.58. The fourth-order valence-corrected chi connectivity index (χ4v) is 8.47. The van der Waals surface area contributed by atoms with Gasteiger partial charge in [-0.2, -0.15) is 5.10 Å². The van der Waals surface area contributed by atoms with E-state index in [1.54, 1.807) is 16.7 Å². The van der Waals surface area contributed by atoms with Gasteiger partial charge in [0.25, 0.3) is 5.56 Å². The number of aryl methyl sites for hydroxylation is 1. The Morgan fingerprint density at radius 2 is 1.69 bits per heavy atom. The quantitative estimate of drug-likeness (QED) is 0.152. The maximum atomic E-state index is 13.4. The third-order valence-electron chi connectivity index (χ3n) is 11.6. The van der Waals surface area contributed by atoms with Gasteiger partial charge in [-0.1, -0.05) is 20.8 Å². The van der Waals surface area contributed by atoms with E-state index in [1.165, 1.54) is 10.6 Å². The zero-order valence-corrected chi connectivity index (χ0v) is 32.4. The molecule has 3 aliphatic rings. The number of cyclic esters (lactones) is 1. The number of anilines is 1. The number of aliphatic hydroxyl groups excluding tert-OH is 1. The summed E-state index contributed by atoms with van der Waals surface area (Å²) < 4.78 is 14.4. The molecule has 0 spiro atoms. The van der Waals surface area contributed by atoms with Gasteiger partial charge in [0, 0.05) is 61.0 Å². The number of phenolic OH excluding ortho intramolecular Hbond substituents is 2. The Morgan fingerprint density at radius 1 is 0.931 bits per heavy atom. The molecule has 0 saturated carbocycles. The molecule has 0 amide bonds. The van der Waals surface area contributed by atoms with Crippen molar-refractivity contribution in [2.75, 3.05) is 44.2 Å². The standard InChI is InChI=1S/C43H43N7O8/c1-4-27-29-17-26(9-10-34(29)44-38-32(27)21-49-35(38)19-30-33(41(49)54)22-58-42(55)39(30)53)57-16-15-47-11-13-48(14-12-47)24-5-7-25(8-6-24)50-40(45-46-43(50)56)31-18-28(23(2)3)36(51)20-37(31)52/h5-10,17-20,23,39,51-53H,4,11-16,21-22H2,1-3H3,(H,46,56). The van der Waals surface area contributed by atoms with Gasteiger partial charge in [0.05, 0.1) is 40.3 Å². The van der Waals surface area contributed by atoms with Gasteiger partial charge in [0.2, 0.25) is 0 Å². The number of carbonyl (C=O) groups is 1. The Labute approximate surface area is 332 Å². The molecule has 1 fully saturated rings. The minimum Gasteiger partial charge on any atom is -0.508 e. The van der Waals surface area contributed by atoms with Gasteiger partial charge in [0.1, 0.15) is 30.5 Å². The predicted octanol–water partition coefficient (Wildman–Crippen LogP) is 4.35. The molecule has 9 rings (SSSR count). The number of ether oxygens (including phenoxy) is 2. The number of fused-ring (bicyclic) bond motifs is 5. The van der Waals surface area contributed by atoms with Gasteiger partial charge in [0.15, 0.2) is 11.9 Å². The number of nitrogens with one attached hydrogen (secondary N) is 1. The van der Waals surface area contributed by atoms with E-state index < -0.39 is 17.8 Å². The van der Waals surface area contributed by atoms with Crippen LogP contribution >= 0.6 is 0 Å². The van der Waals surface area contributed by atoms with Crippen molar-refractivity contribution in [1.82, 2.24) is 29.2 Å². The van der Waals surface area contributed by atoms with E-state index in [9.17, 15) is 29.7 Å². The molecule has 1 saturated heterocycles. The average molecular weight is 786 g/mol. The molecular weight excluding hydrogens is 743 g/mol. The summed E-state index contributed by atoms with van der Waals surface area (Å²) in [6, 6.07) is 18.2. The molecule has 6 heterocycles. The van der Waals surface area contributed by atoms with Crippen LogP contribution in [0, 0.1) is 0 Å². The van der Waals surface area contributed by atoms with E-state index in [1.807, 2.05) is 56.3 Å². The van der Waals surface area contributed by atoms with E-state index in [0.29, 0.717) is 46.9 Å². The molecule has 15 nitrogen and oxygen atoms in total. The molecule has 15 heteroatoms. The van der Waals surface area contributed by atoms with E-state index in [0.717, 1.165) is 72.6 Å². The second kappa shape index (κ2) is 14.5. The maximum Gasteiger partial charge on any atom is 0.348 e. The third-order valence-corrected chi connectivity index (χ3v) is 11.6. The lowest BCUT2D eigenvalue weighted by atomic mass is 9.97. The van der Waals surface area contributed by atoms with Crippen molar-refractivity contribution in [2.45, 2.75) is 52.4 Å². The molecule has 0 bridgehead atoms. The second-order valence-corrected chi connectivity index (χ2v) is 15.3. The number of aromatic amines is 1. The van der Waals surface area contributed by atoms with Crippen LogP contribution < -0.4 is 20.9 Å². The number of aromatic nitrogens is 5. The van der Waals surface area contributed by atoms with Crippen LogP contribution in [0.5, 0.6) is 17.2 Å².